The van der Waals surface area contributed by atoms with Gasteiger partial charge in [0.2, 0.25) is 0 Å². The van der Waals surface area contributed by atoms with Gasteiger partial charge in [-0.3, -0.25) is 9.78 Å². The van der Waals surface area contributed by atoms with Crippen molar-refractivity contribution in [3.8, 4) is 11.3 Å². The van der Waals surface area contributed by atoms with Crippen molar-refractivity contribution in [3.63, 3.8) is 0 Å². The van der Waals surface area contributed by atoms with Gasteiger partial charge in [-0.15, -0.1) is 0 Å². The molecule has 2 heterocycles. The number of fused-ring (bicyclic) bond motifs is 2. The summed E-state index contributed by atoms with van der Waals surface area (Å²) >= 11 is 0. The van der Waals surface area contributed by atoms with Gasteiger partial charge in [0.25, 0.3) is 10.0 Å². The maximum absolute atomic E-state index is 13.4. The van der Waals surface area contributed by atoms with Gasteiger partial charge in [-0.2, -0.15) is 0 Å². The fraction of sp³-hybridized carbons (Fsp3) is 0.231. The summed E-state index contributed by atoms with van der Waals surface area (Å²) in [6.07, 6.45) is 3.12. The predicted molar refractivity (Wildman–Crippen MR) is 125 cm³/mol. The van der Waals surface area contributed by atoms with Crippen molar-refractivity contribution >= 4 is 26.7 Å². The summed E-state index contributed by atoms with van der Waals surface area (Å²) in [7, 11) is -3.78. The summed E-state index contributed by atoms with van der Waals surface area (Å²) in [5.74, 6) is 0.113. The van der Waals surface area contributed by atoms with Gasteiger partial charge in [-0.1, -0.05) is 49.7 Å². The van der Waals surface area contributed by atoms with E-state index in [0.29, 0.717) is 16.8 Å². The topological polar surface area (TPSA) is 69.0 Å². The van der Waals surface area contributed by atoms with Gasteiger partial charge in [0, 0.05) is 28.1 Å². The van der Waals surface area contributed by atoms with E-state index in [1.165, 1.54) is 3.97 Å². The number of aryl methyl sites for hydroxylation is 2. The smallest absolute Gasteiger partial charge is 0.268 e. The van der Waals surface area contributed by atoms with E-state index in [4.69, 9.17) is 4.98 Å². The van der Waals surface area contributed by atoms with Crippen LogP contribution in [0.15, 0.2) is 71.8 Å². The molecule has 0 bridgehead atoms. The minimum absolute atomic E-state index is 0.113. The zero-order chi connectivity index (χ0) is 22.7. The summed E-state index contributed by atoms with van der Waals surface area (Å²) in [6.45, 7) is 5.86. The number of rotatable bonds is 3. The lowest BCUT2D eigenvalue weighted by Gasteiger charge is -2.29. The number of pyridine rings is 1. The molecule has 0 amide bonds. The van der Waals surface area contributed by atoms with Crippen LogP contribution in [0.2, 0.25) is 0 Å². The molecule has 0 spiro atoms. The van der Waals surface area contributed by atoms with Gasteiger partial charge in [0.05, 0.1) is 21.8 Å². The monoisotopic (exact) mass is 444 g/mol. The SMILES string of the molecule is Cc1ccc(S(=O)(=O)n2cc(-c3ccc4c(n3)CCC(C)(C)C4=O)c3ccccc32)cc1. The lowest BCUT2D eigenvalue weighted by atomic mass is 9.75. The average molecular weight is 445 g/mol. The summed E-state index contributed by atoms with van der Waals surface area (Å²) in [5.41, 5.74) is 4.07. The minimum Gasteiger partial charge on any atom is -0.294 e. The first kappa shape index (κ1) is 20.6. The van der Waals surface area contributed by atoms with Gasteiger partial charge in [-0.05, 0) is 50.1 Å². The first-order valence-corrected chi connectivity index (χ1v) is 12.1. The minimum atomic E-state index is -3.78. The molecule has 0 unspecified atom stereocenters. The van der Waals surface area contributed by atoms with Gasteiger partial charge < -0.3 is 0 Å². The zero-order valence-corrected chi connectivity index (χ0v) is 19.1. The number of benzene rings is 2. The van der Waals surface area contributed by atoms with E-state index >= 15 is 0 Å². The Morgan fingerprint density at radius 3 is 2.41 bits per heavy atom. The molecule has 162 valence electrons. The third kappa shape index (κ3) is 3.17. The third-order valence-corrected chi connectivity index (χ3v) is 8.04. The molecule has 0 saturated carbocycles. The first-order valence-electron chi connectivity index (χ1n) is 10.7. The third-order valence-electron chi connectivity index (χ3n) is 6.35. The van der Waals surface area contributed by atoms with Gasteiger partial charge in [0.1, 0.15) is 0 Å². The highest BCUT2D eigenvalue weighted by molar-refractivity contribution is 7.90. The van der Waals surface area contributed by atoms with Crippen molar-refractivity contribution in [1.29, 1.82) is 0 Å². The summed E-state index contributed by atoms with van der Waals surface area (Å²) in [6, 6.07) is 17.9. The molecule has 0 radical (unpaired) electrons. The Morgan fingerprint density at radius 2 is 1.66 bits per heavy atom. The fourth-order valence-corrected chi connectivity index (χ4v) is 5.70. The second-order valence-corrected chi connectivity index (χ2v) is 10.9. The average Bonchev–Trinajstić information content (AvgIpc) is 3.17. The Hall–Kier alpha value is -3.25. The Kier molecular flexibility index (Phi) is 4.60. The summed E-state index contributed by atoms with van der Waals surface area (Å²) in [5, 5.41) is 0.804. The molecule has 0 aliphatic heterocycles. The van der Waals surface area contributed by atoms with Crippen LogP contribution in [0.1, 0.15) is 41.9 Å². The predicted octanol–water partition coefficient (Wildman–Crippen LogP) is 5.40. The Bertz CT molecular complexity index is 1480. The number of Topliss-reactive ketones (excluding diaryl/α,β-unsaturated/α-hetero) is 1. The molecular formula is C26H24N2O3S. The van der Waals surface area contributed by atoms with Crippen molar-refractivity contribution in [2.24, 2.45) is 5.41 Å². The van der Waals surface area contributed by atoms with Crippen LogP contribution in [-0.4, -0.2) is 23.2 Å². The highest BCUT2D eigenvalue weighted by Gasteiger charge is 2.35. The molecule has 0 atom stereocenters. The van der Waals surface area contributed by atoms with Crippen molar-refractivity contribution < 1.29 is 13.2 Å². The largest absolute Gasteiger partial charge is 0.294 e. The summed E-state index contributed by atoms with van der Waals surface area (Å²) < 4.78 is 28.2. The molecule has 2 aromatic carbocycles. The molecule has 2 aromatic heterocycles. The fourth-order valence-electron chi connectivity index (χ4n) is 4.33. The van der Waals surface area contributed by atoms with Crippen LogP contribution >= 0.6 is 0 Å². The Labute approximate surface area is 187 Å². The molecule has 5 nitrogen and oxygen atoms in total. The standard InChI is InChI=1S/C26H24N2O3S/c1-17-8-10-18(11-9-17)32(30,31)28-16-21(19-6-4-5-7-24(19)28)22-13-12-20-23(27-22)14-15-26(2,3)25(20)29/h4-13,16H,14-15H2,1-3H3. The van der Waals surface area contributed by atoms with E-state index in [0.717, 1.165) is 35.0 Å². The maximum atomic E-state index is 13.4. The molecule has 32 heavy (non-hydrogen) atoms. The number of carbonyl (C=O) groups is 1. The lowest BCUT2D eigenvalue weighted by Crippen LogP contribution is -2.31. The molecule has 1 aliphatic carbocycles. The van der Waals surface area contributed by atoms with E-state index in [-0.39, 0.29) is 16.1 Å². The molecule has 5 rings (SSSR count). The van der Waals surface area contributed by atoms with E-state index < -0.39 is 10.0 Å². The van der Waals surface area contributed by atoms with Gasteiger partial charge >= 0.3 is 0 Å². The zero-order valence-electron chi connectivity index (χ0n) is 18.3. The van der Waals surface area contributed by atoms with Crippen LogP contribution in [0, 0.1) is 12.3 Å². The molecular weight excluding hydrogens is 420 g/mol. The molecule has 4 aromatic rings. The van der Waals surface area contributed by atoms with Gasteiger partial charge in [0.15, 0.2) is 5.78 Å². The quantitative estimate of drug-likeness (QED) is 0.424. The van der Waals surface area contributed by atoms with Crippen LogP contribution in [0.5, 0.6) is 0 Å². The van der Waals surface area contributed by atoms with Crippen molar-refractivity contribution in [2.45, 2.75) is 38.5 Å². The lowest BCUT2D eigenvalue weighted by molar-refractivity contribution is 0.0809. The number of hydrogen-bond donors (Lipinski definition) is 0. The van der Waals surface area contributed by atoms with E-state index in [9.17, 15) is 13.2 Å². The second kappa shape index (κ2) is 7.14. The highest BCUT2D eigenvalue weighted by atomic mass is 32.2. The molecule has 0 fully saturated rings. The van der Waals surface area contributed by atoms with E-state index in [2.05, 4.69) is 0 Å². The normalized spacial score (nSPS) is 15.7. The number of nitrogens with zero attached hydrogens (tertiary/aromatic N) is 2. The van der Waals surface area contributed by atoms with Crippen LogP contribution < -0.4 is 0 Å². The van der Waals surface area contributed by atoms with Crippen LogP contribution in [0.4, 0.5) is 0 Å². The second-order valence-electron chi connectivity index (χ2n) is 9.08. The van der Waals surface area contributed by atoms with Crippen molar-refractivity contribution in [1.82, 2.24) is 8.96 Å². The van der Waals surface area contributed by atoms with Crippen molar-refractivity contribution in [3.05, 3.63) is 83.7 Å². The van der Waals surface area contributed by atoms with Crippen LogP contribution in [-0.2, 0) is 16.4 Å². The number of hydrogen-bond acceptors (Lipinski definition) is 4. The van der Waals surface area contributed by atoms with Crippen molar-refractivity contribution in [2.75, 3.05) is 0 Å². The molecule has 6 heteroatoms. The number of aromatic nitrogens is 2. The van der Waals surface area contributed by atoms with E-state index in [1.807, 2.05) is 51.1 Å². The van der Waals surface area contributed by atoms with E-state index in [1.54, 1.807) is 36.5 Å². The maximum Gasteiger partial charge on any atom is 0.268 e. The Balaban J connectivity index is 1.68. The van der Waals surface area contributed by atoms with Crippen LogP contribution in [0.25, 0.3) is 22.2 Å². The number of carbonyl (C=O) groups excluding carboxylic acids is 1. The molecule has 1 aliphatic rings. The number of ketones is 1. The van der Waals surface area contributed by atoms with Crippen LogP contribution in [0.3, 0.4) is 0 Å². The first-order chi connectivity index (χ1) is 15.2. The summed E-state index contributed by atoms with van der Waals surface area (Å²) in [4.78, 5) is 17.8. The highest BCUT2D eigenvalue weighted by Crippen LogP contribution is 2.37. The molecule has 0 saturated heterocycles. The number of para-hydroxylation sites is 1. The van der Waals surface area contributed by atoms with Gasteiger partial charge in [-0.25, -0.2) is 12.4 Å². The molecule has 0 N–H and O–H groups in total. The Morgan fingerprint density at radius 1 is 0.938 bits per heavy atom.